The van der Waals surface area contributed by atoms with Crippen LogP contribution in [0.5, 0.6) is 0 Å². The van der Waals surface area contributed by atoms with Gasteiger partial charge in [-0.15, -0.1) is 10.2 Å². The minimum atomic E-state index is -0.382. The van der Waals surface area contributed by atoms with Crippen LogP contribution in [0.3, 0.4) is 0 Å². The Labute approximate surface area is 164 Å². The third-order valence-corrected chi connectivity index (χ3v) is 6.69. The first-order chi connectivity index (χ1) is 12.7. The van der Waals surface area contributed by atoms with Crippen LogP contribution >= 0.6 is 23.1 Å². The molecular weight excluding hydrogens is 364 g/mol. The van der Waals surface area contributed by atoms with E-state index in [0.717, 1.165) is 16.0 Å². The monoisotopic (exact) mass is 392 g/mol. The topological polar surface area (TPSA) is 61.3 Å². The van der Waals surface area contributed by atoms with Crippen LogP contribution in [0.25, 0.3) is 0 Å². The third-order valence-electron chi connectivity index (χ3n) is 4.56. The van der Waals surface area contributed by atoms with Gasteiger partial charge in [-0.3, -0.25) is 4.90 Å². The molecule has 1 aliphatic rings. The van der Waals surface area contributed by atoms with E-state index < -0.39 is 0 Å². The van der Waals surface area contributed by atoms with E-state index in [9.17, 15) is 5.11 Å². The normalized spacial score (nSPS) is 16.7. The number of nitrogens with zero attached hydrogens (tertiary/aromatic N) is 3. The summed E-state index contributed by atoms with van der Waals surface area (Å²) < 4.78 is 0.924. The second kappa shape index (κ2) is 10.3. The largest absolute Gasteiger partial charge is 0.391 e. The smallest absolute Gasteiger partial charge is 0.206 e. The van der Waals surface area contributed by atoms with Crippen molar-refractivity contribution in [3.8, 4) is 0 Å². The molecule has 1 atom stereocenters. The van der Waals surface area contributed by atoms with Crippen molar-refractivity contribution in [3.05, 3.63) is 35.9 Å². The van der Waals surface area contributed by atoms with E-state index in [1.54, 1.807) is 23.1 Å². The highest BCUT2D eigenvalue weighted by Gasteiger charge is 2.16. The van der Waals surface area contributed by atoms with E-state index in [0.29, 0.717) is 18.3 Å². The van der Waals surface area contributed by atoms with Crippen molar-refractivity contribution < 1.29 is 5.11 Å². The predicted molar refractivity (Wildman–Crippen MR) is 110 cm³/mol. The first kappa shape index (κ1) is 19.6. The maximum atomic E-state index is 10.3. The third kappa shape index (κ3) is 6.54. The van der Waals surface area contributed by atoms with Gasteiger partial charge in [0.05, 0.1) is 6.10 Å². The summed E-state index contributed by atoms with van der Waals surface area (Å²) in [6.45, 7) is 1.49. The Hall–Kier alpha value is -1.15. The highest BCUT2D eigenvalue weighted by molar-refractivity contribution is 8.01. The van der Waals surface area contributed by atoms with Crippen molar-refractivity contribution in [2.45, 2.75) is 55.1 Å². The van der Waals surface area contributed by atoms with E-state index in [1.165, 1.54) is 37.7 Å². The number of aliphatic hydroxyl groups is 1. The summed E-state index contributed by atoms with van der Waals surface area (Å²) >= 11 is 3.18. The molecule has 1 fully saturated rings. The van der Waals surface area contributed by atoms with Crippen LogP contribution < -0.4 is 5.32 Å². The number of likely N-dealkylation sites (N-methyl/N-ethyl adjacent to an activating group) is 1. The van der Waals surface area contributed by atoms with Crippen molar-refractivity contribution in [2.75, 3.05) is 24.7 Å². The number of aliphatic hydroxyl groups excluding tert-OH is 1. The van der Waals surface area contributed by atoms with Gasteiger partial charge in [0.25, 0.3) is 0 Å². The molecule has 2 aromatic rings. The number of nitrogens with one attached hydrogen (secondary N) is 1. The van der Waals surface area contributed by atoms with Gasteiger partial charge < -0.3 is 10.4 Å². The Morgan fingerprint density at radius 3 is 2.77 bits per heavy atom. The number of hydrogen-bond donors (Lipinski definition) is 2. The van der Waals surface area contributed by atoms with Gasteiger partial charge >= 0.3 is 0 Å². The van der Waals surface area contributed by atoms with E-state index in [-0.39, 0.29) is 6.10 Å². The van der Waals surface area contributed by atoms with Gasteiger partial charge in [0.15, 0.2) is 4.34 Å². The Morgan fingerprint density at radius 1 is 1.23 bits per heavy atom. The second-order valence-corrected chi connectivity index (χ2v) is 9.24. The van der Waals surface area contributed by atoms with Crippen LogP contribution in [0.1, 0.15) is 37.7 Å². The lowest BCUT2D eigenvalue weighted by molar-refractivity contribution is 0.142. The SMILES string of the molecule is CN(Cc1ccccc1)CC(O)CSc1nnc(NC2CCCCC2)s1. The molecule has 3 rings (SSSR count). The summed E-state index contributed by atoms with van der Waals surface area (Å²) in [5, 5.41) is 23.2. The zero-order valence-electron chi connectivity index (χ0n) is 15.3. The number of aromatic nitrogens is 2. The second-order valence-electron chi connectivity index (χ2n) is 7.00. The zero-order chi connectivity index (χ0) is 18.2. The minimum Gasteiger partial charge on any atom is -0.391 e. The van der Waals surface area contributed by atoms with Crippen LogP contribution in [0.2, 0.25) is 0 Å². The molecule has 0 spiro atoms. The molecule has 5 nitrogen and oxygen atoms in total. The molecule has 142 valence electrons. The first-order valence-corrected chi connectivity index (χ1v) is 11.1. The number of rotatable bonds is 9. The molecule has 0 aliphatic heterocycles. The molecular formula is C19H28N4OS2. The van der Waals surface area contributed by atoms with Gasteiger partial charge in [-0.25, -0.2) is 0 Å². The average molecular weight is 393 g/mol. The van der Waals surface area contributed by atoms with Crippen molar-refractivity contribution in [1.82, 2.24) is 15.1 Å². The first-order valence-electron chi connectivity index (χ1n) is 9.32. The molecule has 1 aromatic heterocycles. The lowest BCUT2D eigenvalue weighted by atomic mass is 9.96. The fourth-order valence-electron chi connectivity index (χ4n) is 3.29. The summed E-state index contributed by atoms with van der Waals surface area (Å²) in [5.74, 6) is 0.636. The van der Waals surface area contributed by atoms with Gasteiger partial charge in [0, 0.05) is 24.9 Å². The Balaban J connectivity index is 1.38. The van der Waals surface area contributed by atoms with Crippen molar-refractivity contribution in [3.63, 3.8) is 0 Å². The minimum absolute atomic E-state index is 0.382. The molecule has 1 aliphatic carbocycles. The maximum Gasteiger partial charge on any atom is 0.206 e. The van der Waals surface area contributed by atoms with Gasteiger partial charge in [0.2, 0.25) is 5.13 Å². The van der Waals surface area contributed by atoms with E-state index >= 15 is 0 Å². The maximum absolute atomic E-state index is 10.3. The molecule has 1 saturated carbocycles. The standard InChI is InChI=1S/C19H28N4OS2/c1-23(12-15-8-4-2-5-9-15)13-17(24)14-25-19-22-21-18(26-19)20-16-10-6-3-7-11-16/h2,4-5,8-9,16-17,24H,3,6-7,10-14H2,1H3,(H,20,21). The molecule has 1 heterocycles. The van der Waals surface area contributed by atoms with Gasteiger partial charge in [-0.05, 0) is 25.5 Å². The number of benzene rings is 1. The fourth-order valence-corrected chi connectivity index (χ4v) is 5.06. The van der Waals surface area contributed by atoms with Crippen molar-refractivity contribution >= 4 is 28.2 Å². The van der Waals surface area contributed by atoms with Gasteiger partial charge in [-0.2, -0.15) is 0 Å². The van der Waals surface area contributed by atoms with Gasteiger partial charge in [0.1, 0.15) is 0 Å². The average Bonchev–Trinajstić information content (AvgIpc) is 3.09. The molecule has 0 radical (unpaired) electrons. The molecule has 7 heteroatoms. The van der Waals surface area contributed by atoms with Crippen LogP contribution in [-0.4, -0.2) is 51.7 Å². The Kier molecular flexibility index (Phi) is 7.73. The Bertz CT molecular complexity index is 646. The molecule has 1 unspecified atom stereocenters. The molecule has 0 saturated heterocycles. The summed E-state index contributed by atoms with van der Waals surface area (Å²) in [7, 11) is 2.04. The van der Waals surface area contributed by atoms with Gasteiger partial charge in [-0.1, -0.05) is 72.7 Å². The number of hydrogen-bond acceptors (Lipinski definition) is 7. The van der Waals surface area contributed by atoms with Crippen LogP contribution in [0.4, 0.5) is 5.13 Å². The molecule has 26 heavy (non-hydrogen) atoms. The highest BCUT2D eigenvalue weighted by atomic mass is 32.2. The van der Waals surface area contributed by atoms with Crippen LogP contribution in [0, 0.1) is 0 Å². The van der Waals surface area contributed by atoms with Crippen LogP contribution in [-0.2, 0) is 6.54 Å². The molecule has 1 aromatic carbocycles. The Morgan fingerprint density at radius 2 is 2.00 bits per heavy atom. The predicted octanol–water partition coefficient (Wildman–Crippen LogP) is 3.87. The summed E-state index contributed by atoms with van der Waals surface area (Å²) in [6, 6.07) is 10.9. The quantitative estimate of drug-likeness (QED) is 0.632. The summed E-state index contributed by atoms with van der Waals surface area (Å²) in [5.41, 5.74) is 1.26. The summed E-state index contributed by atoms with van der Waals surface area (Å²) in [6.07, 6.45) is 6.05. The van der Waals surface area contributed by atoms with E-state index in [1.807, 2.05) is 25.2 Å². The number of thioether (sulfide) groups is 1. The van der Waals surface area contributed by atoms with E-state index in [2.05, 4.69) is 32.5 Å². The van der Waals surface area contributed by atoms with E-state index in [4.69, 9.17) is 0 Å². The van der Waals surface area contributed by atoms with Crippen molar-refractivity contribution in [2.24, 2.45) is 0 Å². The molecule has 2 N–H and O–H groups in total. The molecule has 0 amide bonds. The van der Waals surface area contributed by atoms with Crippen molar-refractivity contribution in [1.29, 1.82) is 0 Å². The lowest BCUT2D eigenvalue weighted by Crippen LogP contribution is -2.30. The zero-order valence-corrected chi connectivity index (χ0v) is 16.9. The molecule has 0 bridgehead atoms. The summed E-state index contributed by atoms with van der Waals surface area (Å²) in [4.78, 5) is 2.15. The highest BCUT2D eigenvalue weighted by Crippen LogP contribution is 2.28. The number of anilines is 1. The lowest BCUT2D eigenvalue weighted by Gasteiger charge is -2.21. The van der Waals surface area contributed by atoms with Crippen LogP contribution in [0.15, 0.2) is 34.7 Å². The fraction of sp³-hybridized carbons (Fsp3) is 0.579.